The summed E-state index contributed by atoms with van der Waals surface area (Å²) in [7, 11) is 0. The number of fused-ring (bicyclic) bond motifs is 1. The number of nitrogens with zero attached hydrogens (tertiary/aromatic N) is 1. The Morgan fingerprint density at radius 3 is 2.68 bits per heavy atom. The van der Waals surface area contributed by atoms with Gasteiger partial charge in [-0.1, -0.05) is 36.9 Å². The molecule has 3 rings (SSSR count). The molecule has 19 heavy (non-hydrogen) atoms. The van der Waals surface area contributed by atoms with Gasteiger partial charge in [-0.25, -0.2) is 4.98 Å². The number of carbonyl (C=O) groups is 1. The average molecular weight is 274 g/mol. The summed E-state index contributed by atoms with van der Waals surface area (Å²) in [6, 6.07) is 8.17. The Bertz CT molecular complexity index is 617. The fourth-order valence-corrected chi connectivity index (χ4v) is 3.15. The average Bonchev–Trinajstić information content (AvgIpc) is 2.47. The summed E-state index contributed by atoms with van der Waals surface area (Å²) in [6.07, 6.45) is 7.31. The Balaban J connectivity index is 2.03. The Morgan fingerprint density at radius 1 is 1.16 bits per heavy atom. The first-order valence-electron chi connectivity index (χ1n) is 6.83. The van der Waals surface area contributed by atoms with Crippen molar-refractivity contribution in [2.75, 3.05) is 0 Å². The minimum atomic E-state index is 0.285. The minimum absolute atomic E-state index is 0.285. The van der Waals surface area contributed by atoms with Crippen LogP contribution in [0.5, 0.6) is 0 Å². The van der Waals surface area contributed by atoms with Gasteiger partial charge in [-0.05, 0) is 42.5 Å². The quantitative estimate of drug-likeness (QED) is 0.584. The molecule has 0 bridgehead atoms. The highest BCUT2D eigenvalue weighted by molar-refractivity contribution is 6.32. The van der Waals surface area contributed by atoms with Crippen LogP contribution in [0.1, 0.15) is 53.9 Å². The van der Waals surface area contributed by atoms with Crippen LogP contribution >= 0.6 is 11.6 Å². The second kappa shape index (κ2) is 5.30. The van der Waals surface area contributed by atoms with Crippen molar-refractivity contribution in [3.63, 3.8) is 0 Å². The van der Waals surface area contributed by atoms with Gasteiger partial charge in [0, 0.05) is 5.39 Å². The topological polar surface area (TPSA) is 30.0 Å². The van der Waals surface area contributed by atoms with E-state index in [4.69, 9.17) is 11.6 Å². The third kappa shape index (κ3) is 2.50. The molecule has 1 aromatic carbocycles. The first-order valence-corrected chi connectivity index (χ1v) is 7.21. The van der Waals surface area contributed by atoms with Crippen LogP contribution in [0.15, 0.2) is 24.3 Å². The fraction of sp³-hybridized carbons (Fsp3) is 0.375. The summed E-state index contributed by atoms with van der Waals surface area (Å²) in [4.78, 5) is 15.2. The number of rotatable bonds is 2. The SMILES string of the molecule is O=Cc1cc2cc(C3CCCCC3)ccc2nc1Cl. The van der Waals surface area contributed by atoms with Gasteiger partial charge in [0.1, 0.15) is 5.15 Å². The van der Waals surface area contributed by atoms with Crippen molar-refractivity contribution in [3.05, 3.63) is 40.5 Å². The summed E-state index contributed by atoms with van der Waals surface area (Å²) in [6.45, 7) is 0. The van der Waals surface area contributed by atoms with Gasteiger partial charge in [0.25, 0.3) is 0 Å². The summed E-state index contributed by atoms with van der Waals surface area (Å²) >= 11 is 5.95. The lowest BCUT2D eigenvalue weighted by atomic mass is 9.84. The molecule has 98 valence electrons. The van der Waals surface area contributed by atoms with Crippen LogP contribution in [0.3, 0.4) is 0 Å². The molecular formula is C16H16ClNO. The number of halogens is 1. The van der Waals surface area contributed by atoms with E-state index in [1.807, 2.05) is 12.1 Å². The third-order valence-electron chi connectivity index (χ3n) is 4.02. The van der Waals surface area contributed by atoms with Crippen LogP contribution in [-0.4, -0.2) is 11.3 Å². The van der Waals surface area contributed by atoms with Crippen LogP contribution < -0.4 is 0 Å². The van der Waals surface area contributed by atoms with Gasteiger partial charge in [-0.2, -0.15) is 0 Å². The first-order chi connectivity index (χ1) is 9.28. The second-order valence-electron chi connectivity index (χ2n) is 5.27. The van der Waals surface area contributed by atoms with E-state index in [1.165, 1.54) is 37.7 Å². The molecule has 0 aliphatic heterocycles. The van der Waals surface area contributed by atoms with Gasteiger partial charge in [-0.15, -0.1) is 0 Å². The Kier molecular flexibility index (Phi) is 3.52. The molecule has 0 radical (unpaired) electrons. The molecule has 0 amide bonds. The summed E-state index contributed by atoms with van der Waals surface area (Å²) in [5, 5.41) is 1.29. The number of benzene rings is 1. The zero-order chi connectivity index (χ0) is 13.2. The van der Waals surface area contributed by atoms with Gasteiger partial charge in [-0.3, -0.25) is 4.79 Å². The zero-order valence-corrected chi connectivity index (χ0v) is 11.5. The largest absolute Gasteiger partial charge is 0.298 e. The molecule has 2 nitrogen and oxygen atoms in total. The molecule has 1 fully saturated rings. The number of aromatic nitrogens is 1. The van der Waals surface area contributed by atoms with E-state index >= 15 is 0 Å². The van der Waals surface area contributed by atoms with E-state index in [1.54, 1.807) is 0 Å². The van der Waals surface area contributed by atoms with E-state index in [-0.39, 0.29) is 5.15 Å². The number of aldehydes is 1. The summed E-state index contributed by atoms with van der Waals surface area (Å²) in [5.74, 6) is 0.661. The maximum absolute atomic E-state index is 10.9. The lowest BCUT2D eigenvalue weighted by Crippen LogP contribution is -2.04. The van der Waals surface area contributed by atoms with Crippen molar-refractivity contribution in [2.45, 2.75) is 38.0 Å². The maximum Gasteiger partial charge on any atom is 0.153 e. The van der Waals surface area contributed by atoms with Crippen molar-refractivity contribution in [2.24, 2.45) is 0 Å². The maximum atomic E-state index is 10.9. The molecule has 1 aromatic heterocycles. The highest BCUT2D eigenvalue weighted by Crippen LogP contribution is 2.34. The number of hydrogen-bond donors (Lipinski definition) is 0. The fourth-order valence-electron chi connectivity index (χ4n) is 2.96. The van der Waals surface area contributed by atoms with Gasteiger partial charge >= 0.3 is 0 Å². The van der Waals surface area contributed by atoms with E-state index in [0.717, 1.165) is 17.2 Å². The number of carbonyl (C=O) groups excluding carboxylic acids is 1. The van der Waals surface area contributed by atoms with Crippen molar-refractivity contribution < 1.29 is 4.79 Å². The predicted octanol–water partition coefficient (Wildman–Crippen LogP) is 4.75. The Hall–Kier alpha value is -1.41. The van der Waals surface area contributed by atoms with E-state index < -0.39 is 0 Å². The molecule has 1 saturated carbocycles. The van der Waals surface area contributed by atoms with Gasteiger partial charge in [0.05, 0.1) is 11.1 Å². The van der Waals surface area contributed by atoms with Gasteiger partial charge < -0.3 is 0 Å². The molecule has 0 saturated heterocycles. The first kappa shape index (κ1) is 12.6. The van der Waals surface area contributed by atoms with Crippen LogP contribution in [0, 0.1) is 0 Å². The molecule has 1 aliphatic rings. The lowest BCUT2D eigenvalue weighted by Gasteiger charge is -2.22. The monoisotopic (exact) mass is 273 g/mol. The highest BCUT2D eigenvalue weighted by atomic mass is 35.5. The van der Waals surface area contributed by atoms with Crippen LogP contribution in [0.4, 0.5) is 0 Å². The Labute approximate surface area is 117 Å². The van der Waals surface area contributed by atoms with E-state index in [2.05, 4.69) is 17.1 Å². The molecule has 0 atom stereocenters. The predicted molar refractivity (Wildman–Crippen MR) is 78.0 cm³/mol. The molecule has 1 aliphatic carbocycles. The highest BCUT2D eigenvalue weighted by Gasteiger charge is 2.16. The standard InChI is InChI=1S/C16H16ClNO/c17-16-14(10-19)9-13-8-12(6-7-15(13)18-16)11-4-2-1-3-5-11/h6-11H,1-5H2. The van der Waals surface area contributed by atoms with E-state index in [9.17, 15) is 4.79 Å². The third-order valence-corrected chi connectivity index (χ3v) is 4.33. The molecule has 0 spiro atoms. The van der Waals surface area contributed by atoms with Gasteiger partial charge in [0.2, 0.25) is 0 Å². The van der Waals surface area contributed by atoms with Crippen LogP contribution in [0.2, 0.25) is 5.15 Å². The molecule has 1 heterocycles. The zero-order valence-electron chi connectivity index (χ0n) is 10.7. The lowest BCUT2D eigenvalue weighted by molar-refractivity contribution is 0.112. The van der Waals surface area contributed by atoms with Crippen molar-refractivity contribution in [3.8, 4) is 0 Å². The smallest absolute Gasteiger partial charge is 0.153 e. The van der Waals surface area contributed by atoms with Crippen molar-refractivity contribution in [1.82, 2.24) is 4.98 Å². The summed E-state index contributed by atoms with van der Waals surface area (Å²) in [5.41, 5.74) is 2.69. The van der Waals surface area contributed by atoms with E-state index in [0.29, 0.717) is 11.5 Å². The number of pyridine rings is 1. The van der Waals surface area contributed by atoms with Crippen LogP contribution in [-0.2, 0) is 0 Å². The van der Waals surface area contributed by atoms with Gasteiger partial charge in [0.15, 0.2) is 6.29 Å². The Morgan fingerprint density at radius 2 is 1.95 bits per heavy atom. The second-order valence-corrected chi connectivity index (χ2v) is 5.63. The molecule has 3 heteroatoms. The molecule has 0 unspecified atom stereocenters. The van der Waals surface area contributed by atoms with Crippen molar-refractivity contribution >= 4 is 28.8 Å². The molecular weight excluding hydrogens is 258 g/mol. The normalized spacial score (nSPS) is 16.7. The summed E-state index contributed by atoms with van der Waals surface area (Å²) < 4.78 is 0. The number of hydrogen-bond acceptors (Lipinski definition) is 2. The minimum Gasteiger partial charge on any atom is -0.298 e. The van der Waals surface area contributed by atoms with Crippen LogP contribution in [0.25, 0.3) is 10.9 Å². The molecule has 2 aromatic rings. The molecule has 0 N–H and O–H groups in total. The van der Waals surface area contributed by atoms with Crippen molar-refractivity contribution in [1.29, 1.82) is 0 Å².